The summed E-state index contributed by atoms with van der Waals surface area (Å²) in [6.45, 7) is 12.8. The maximum absolute atomic E-state index is 12.0. The van der Waals surface area contributed by atoms with Crippen LogP contribution in [0.1, 0.15) is 31.9 Å². The summed E-state index contributed by atoms with van der Waals surface area (Å²) in [6.07, 6.45) is 0.472. The summed E-state index contributed by atoms with van der Waals surface area (Å²) in [6, 6.07) is 6.25. The molecule has 3 unspecified atom stereocenters. The number of ether oxygens (including phenoxy) is 2. The minimum Gasteiger partial charge on any atom is -0.484 e. The van der Waals surface area contributed by atoms with Gasteiger partial charge in [0.1, 0.15) is 5.75 Å². The van der Waals surface area contributed by atoms with Crippen molar-refractivity contribution in [3.05, 3.63) is 29.3 Å². The Labute approximate surface area is 145 Å². The van der Waals surface area contributed by atoms with E-state index in [0.29, 0.717) is 6.54 Å². The van der Waals surface area contributed by atoms with Gasteiger partial charge in [-0.25, -0.2) is 0 Å². The van der Waals surface area contributed by atoms with Crippen LogP contribution in [-0.4, -0.2) is 55.3 Å². The van der Waals surface area contributed by atoms with E-state index in [0.717, 1.165) is 30.0 Å². The van der Waals surface area contributed by atoms with E-state index in [4.69, 9.17) is 9.47 Å². The molecule has 3 atom stereocenters. The van der Waals surface area contributed by atoms with Crippen molar-refractivity contribution < 1.29 is 14.3 Å². The monoisotopic (exact) mass is 334 g/mol. The average molecular weight is 334 g/mol. The first-order valence-electron chi connectivity index (χ1n) is 8.70. The first-order chi connectivity index (χ1) is 11.3. The number of carbonyl (C=O) groups excluding carboxylic acids is 1. The van der Waals surface area contributed by atoms with Crippen molar-refractivity contribution in [1.29, 1.82) is 0 Å². The number of hydrogen-bond donors (Lipinski definition) is 1. The van der Waals surface area contributed by atoms with E-state index < -0.39 is 0 Å². The summed E-state index contributed by atoms with van der Waals surface area (Å²) >= 11 is 0. The average Bonchev–Trinajstić information content (AvgIpc) is 2.48. The van der Waals surface area contributed by atoms with Gasteiger partial charge in [-0.05, 0) is 57.9 Å². The molecule has 5 heteroatoms. The number of amides is 1. The lowest BCUT2D eigenvalue weighted by atomic mass is 10.1. The molecule has 1 N–H and O–H groups in total. The molecule has 1 aliphatic heterocycles. The zero-order valence-corrected chi connectivity index (χ0v) is 15.5. The number of benzene rings is 1. The van der Waals surface area contributed by atoms with Gasteiger partial charge in [0, 0.05) is 25.7 Å². The fourth-order valence-electron chi connectivity index (χ4n) is 3.18. The Hall–Kier alpha value is -1.59. The Morgan fingerprint density at radius 3 is 2.42 bits per heavy atom. The minimum atomic E-state index is -0.0876. The number of morpholine rings is 1. The van der Waals surface area contributed by atoms with E-state index in [1.165, 1.54) is 0 Å². The van der Waals surface area contributed by atoms with Crippen molar-refractivity contribution in [2.24, 2.45) is 0 Å². The van der Waals surface area contributed by atoms with Crippen molar-refractivity contribution in [1.82, 2.24) is 10.2 Å². The molecule has 0 aromatic heterocycles. The number of nitrogens with zero attached hydrogens (tertiary/aromatic N) is 1. The van der Waals surface area contributed by atoms with Gasteiger partial charge in [0.2, 0.25) is 0 Å². The third-order valence-electron chi connectivity index (χ3n) is 4.23. The number of rotatable bonds is 6. The van der Waals surface area contributed by atoms with Gasteiger partial charge in [-0.1, -0.05) is 6.07 Å². The first-order valence-corrected chi connectivity index (χ1v) is 8.70. The SMILES string of the molecule is Cc1cc(C)cc(OCC(=O)NCC(C)N2CC(C)OC(C)C2)c1. The van der Waals surface area contributed by atoms with E-state index in [1.54, 1.807) is 0 Å². The number of nitrogens with one attached hydrogen (secondary N) is 1. The Kier molecular flexibility index (Phi) is 6.63. The highest BCUT2D eigenvalue weighted by Gasteiger charge is 2.25. The van der Waals surface area contributed by atoms with Crippen LogP contribution in [0.15, 0.2) is 18.2 Å². The zero-order valence-electron chi connectivity index (χ0n) is 15.5. The summed E-state index contributed by atoms with van der Waals surface area (Å²) in [4.78, 5) is 14.4. The number of carbonyl (C=O) groups is 1. The maximum atomic E-state index is 12.0. The maximum Gasteiger partial charge on any atom is 0.257 e. The lowest BCUT2D eigenvalue weighted by Crippen LogP contribution is -2.52. The second-order valence-corrected chi connectivity index (χ2v) is 6.98. The highest BCUT2D eigenvalue weighted by atomic mass is 16.5. The lowest BCUT2D eigenvalue weighted by molar-refractivity contribution is -0.123. The molecule has 1 aromatic carbocycles. The van der Waals surface area contributed by atoms with Crippen LogP contribution in [0.25, 0.3) is 0 Å². The molecular formula is C19H30N2O3. The fraction of sp³-hybridized carbons (Fsp3) is 0.632. The fourth-order valence-corrected chi connectivity index (χ4v) is 3.18. The second-order valence-electron chi connectivity index (χ2n) is 6.98. The molecule has 0 spiro atoms. The normalized spacial score (nSPS) is 22.9. The molecule has 5 nitrogen and oxygen atoms in total. The van der Waals surface area contributed by atoms with Crippen LogP contribution in [-0.2, 0) is 9.53 Å². The Bertz CT molecular complexity index is 531. The summed E-state index contributed by atoms with van der Waals surface area (Å²) in [7, 11) is 0. The van der Waals surface area contributed by atoms with Gasteiger partial charge in [-0.3, -0.25) is 9.69 Å². The van der Waals surface area contributed by atoms with Crippen LogP contribution in [0, 0.1) is 13.8 Å². The highest BCUT2D eigenvalue weighted by Crippen LogP contribution is 2.16. The summed E-state index contributed by atoms with van der Waals surface area (Å²) in [5.74, 6) is 0.655. The Morgan fingerprint density at radius 1 is 1.25 bits per heavy atom. The van der Waals surface area contributed by atoms with Crippen molar-refractivity contribution in [3.8, 4) is 5.75 Å². The van der Waals surface area contributed by atoms with E-state index in [2.05, 4.69) is 37.1 Å². The highest BCUT2D eigenvalue weighted by molar-refractivity contribution is 5.77. The number of hydrogen-bond acceptors (Lipinski definition) is 4. The largest absolute Gasteiger partial charge is 0.484 e. The van der Waals surface area contributed by atoms with Gasteiger partial charge >= 0.3 is 0 Å². The molecule has 1 amide bonds. The molecule has 1 aromatic rings. The predicted octanol–water partition coefficient (Wildman–Crippen LogP) is 2.30. The van der Waals surface area contributed by atoms with E-state index in [1.807, 2.05) is 26.0 Å². The zero-order chi connectivity index (χ0) is 17.7. The van der Waals surface area contributed by atoms with Crippen molar-refractivity contribution >= 4 is 5.91 Å². The summed E-state index contributed by atoms with van der Waals surface area (Å²) in [5.41, 5.74) is 2.27. The lowest BCUT2D eigenvalue weighted by Gasteiger charge is -2.38. The minimum absolute atomic E-state index is 0.0472. The smallest absolute Gasteiger partial charge is 0.257 e. The molecule has 0 aliphatic carbocycles. The van der Waals surface area contributed by atoms with Crippen LogP contribution in [0.2, 0.25) is 0 Å². The van der Waals surface area contributed by atoms with Gasteiger partial charge in [0.05, 0.1) is 12.2 Å². The Morgan fingerprint density at radius 2 is 1.83 bits per heavy atom. The van der Waals surface area contributed by atoms with E-state index in [9.17, 15) is 4.79 Å². The van der Waals surface area contributed by atoms with Gasteiger partial charge in [0.15, 0.2) is 6.61 Å². The Balaban J connectivity index is 1.74. The van der Waals surface area contributed by atoms with Crippen LogP contribution < -0.4 is 10.1 Å². The van der Waals surface area contributed by atoms with Crippen LogP contribution in [0.5, 0.6) is 5.75 Å². The summed E-state index contributed by atoms with van der Waals surface area (Å²) in [5, 5.41) is 2.96. The van der Waals surface area contributed by atoms with Crippen LogP contribution in [0.3, 0.4) is 0 Å². The molecule has 0 saturated carbocycles. The molecule has 24 heavy (non-hydrogen) atoms. The van der Waals surface area contributed by atoms with E-state index >= 15 is 0 Å². The number of aryl methyl sites for hydroxylation is 2. The molecule has 0 radical (unpaired) electrons. The third-order valence-corrected chi connectivity index (χ3v) is 4.23. The standard InChI is InChI=1S/C19H30N2O3/c1-13-6-14(2)8-18(7-13)23-12-19(22)20-9-15(3)21-10-16(4)24-17(5)11-21/h6-8,15-17H,9-12H2,1-5H3,(H,20,22). The molecule has 2 rings (SSSR count). The van der Waals surface area contributed by atoms with E-state index in [-0.39, 0.29) is 30.8 Å². The second kappa shape index (κ2) is 8.49. The predicted molar refractivity (Wildman–Crippen MR) is 95.5 cm³/mol. The third kappa shape index (κ3) is 5.80. The van der Waals surface area contributed by atoms with Gasteiger partial charge in [-0.2, -0.15) is 0 Å². The van der Waals surface area contributed by atoms with Crippen molar-refractivity contribution in [2.45, 2.75) is 52.9 Å². The first kappa shape index (κ1) is 18.7. The van der Waals surface area contributed by atoms with Crippen LogP contribution in [0.4, 0.5) is 0 Å². The molecular weight excluding hydrogens is 304 g/mol. The van der Waals surface area contributed by atoms with Gasteiger partial charge in [0.25, 0.3) is 5.91 Å². The van der Waals surface area contributed by atoms with Gasteiger partial charge < -0.3 is 14.8 Å². The van der Waals surface area contributed by atoms with Gasteiger partial charge in [-0.15, -0.1) is 0 Å². The molecule has 134 valence electrons. The molecule has 1 saturated heterocycles. The summed E-state index contributed by atoms with van der Waals surface area (Å²) < 4.78 is 11.3. The topological polar surface area (TPSA) is 50.8 Å². The molecule has 0 bridgehead atoms. The van der Waals surface area contributed by atoms with Crippen molar-refractivity contribution in [3.63, 3.8) is 0 Å². The van der Waals surface area contributed by atoms with Crippen LogP contribution >= 0.6 is 0 Å². The molecule has 1 fully saturated rings. The molecule has 1 aliphatic rings. The molecule has 1 heterocycles. The quantitative estimate of drug-likeness (QED) is 0.867. The van der Waals surface area contributed by atoms with Crippen molar-refractivity contribution in [2.75, 3.05) is 26.2 Å².